The zero-order chi connectivity index (χ0) is 4.12. The molecule has 0 amide bonds. The number of hydrogen-bond acceptors (Lipinski definition) is 0. The molecule has 0 heterocycles. The molecule has 1 radical (unpaired) electrons. The van der Waals surface area contributed by atoms with E-state index in [0.29, 0.717) is 0 Å². The quantitative estimate of drug-likeness (QED) is 0.366. The summed E-state index contributed by atoms with van der Waals surface area (Å²) in [6, 6.07) is 0. The number of allylic oxidation sites excluding steroid dienone is 3. The molecular weight excluding hydrogens is 119 g/mol. The fraction of sp³-hybridized carbons (Fsp3) is 0. The van der Waals surface area contributed by atoms with E-state index in [0.717, 1.165) is 0 Å². The van der Waals surface area contributed by atoms with Gasteiger partial charge in [0, 0.05) is 0 Å². The van der Waals surface area contributed by atoms with Gasteiger partial charge in [0.05, 0.1) is 0 Å². The fourth-order valence-electron chi connectivity index (χ4n) is 0.0786. The smallest absolute Gasteiger partial charge is 0.293 e. The van der Waals surface area contributed by atoms with Gasteiger partial charge in [-0.1, -0.05) is 0 Å². The monoisotopic (exact) mass is 125 g/mol. The van der Waals surface area contributed by atoms with E-state index in [9.17, 15) is 0 Å². The third-order valence-corrected chi connectivity index (χ3v) is 0.247. The maximum Gasteiger partial charge on any atom is 2.00 e. The molecule has 0 aromatic rings. The Morgan fingerprint density at radius 3 is 2.00 bits per heavy atom. The minimum Gasteiger partial charge on any atom is -0.293 e. The van der Waals surface area contributed by atoms with E-state index < -0.39 is 0 Å². The van der Waals surface area contributed by atoms with Gasteiger partial charge >= 0.3 is 16.8 Å². The minimum absolute atomic E-state index is 0. The Morgan fingerprint density at radius 1 is 1.50 bits per heavy atom. The summed E-state index contributed by atoms with van der Waals surface area (Å²) in [6.07, 6.45) is 4.73. The molecule has 0 nitrogen and oxygen atoms in total. The first kappa shape index (κ1) is 9.29. The molecular formula is C5H6Co. The van der Waals surface area contributed by atoms with Crippen LogP contribution in [-0.2, 0) is 16.8 Å². The summed E-state index contributed by atoms with van der Waals surface area (Å²) in [5, 5.41) is 0. The number of hydrogen-bond donors (Lipinski definition) is 0. The summed E-state index contributed by atoms with van der Waals surface area (Å²) in [6.45, 7) is 8.27. The van der Waals surface area contributed by atoms with Crippen molar-refractivity contribution in [1.29, 1.82) is 0 Å². The summed E-state index contributed by atoms with van der Waals surface area (Å²) in [5.74, 6) is 0. The standard InChI is InChI=1S/C5H6.Co/c1-3-5-4-2;/h1,3-5H,2H2;/q-2;+2/b5-4-;. The summed E-state index contributed by atoms with van der Waals surface area (Å²) >= 11 is 0. The van der Waals surface area contributed by atoms with Gasteiger partial charge in [-0.25, -0.2) is 25.2 Å². The van der Waals surface area contributed by atoms with Crippen molar-refractivity contribution >= 4 is 0 Å². The fourth-order valence-corrected chi connectivity index (χ4v) is 0.0786. The molecule has 6 heavy (non-hydrogen) atoms. The molecule has 0 aromatic carbocycles. The van der Waals surface area contributed by atoms with Crippen molar-refractivity contribution in [2.45, 2.75) is 0 Å². The van der Waals surface area contributed by atoms with E-state index in [1.165, 1.54) is 6.08 Å². The van der Waals surface area contributed by atoms with E-state index in [-0.39, 0.29) is 16.8 Å². The first-order chi connectivity index (χ1) is 2.41. The van der Waals surface area contributed by atoms with Gasteiger partial charge in [0.15, 0.2) is 0 Å². The van der Waals surface area contributed by atoms with Gasteiger partial charge in [0.1, 0.15) is 0 Å². The molecule has 0 aliphatic carbocycles. The molecule has 0 unspecified atom stereocenters. The average Bonchev–Trinajstić information content (AvgIpc) is 1.41. The van der Waals surface area contributed by atoms with E-state index in [2.05, 4.69) is 6.92 Å². The van der Waals surface area contributed by atoms with E-state index in [4.69, 9.17) is 6.58 Å². The van der Waals surface area contributed by atoms with Crippen LogP contribution in [0.3, 0.4) is 0 Å². The second-order valence-corrected chi connectivity index (χ2v) is 0.621. The van der Waals surface area contributed by atoms with E-state index in [1.807, 2.05) is 0 Å². The topological polar surface area (TPSA) is 0 Å². The third kappa shape index (κ3) is 9.13. The number of rotatable bonds is 1. The van der Waals surface area contributed by atoms with Gasteiger partial charge in [0.2, 0.25) is 0 Å². The third-order valence-electron chi connectivity index (χ3n) is 0.247. The Bertz CT molecular complexity index is 45.9. The summed E-state index contributed by atoms with van der Waals surface area (Å²) in [4.78, 5) is 0. The Kier molecular flexibility index (Phi) is 13.7. The van der Waals surface area contributed by atoms with Crippen LogP contribution in [0.5, 0.6) is 0 Å². The predicted molar refractivity (Wildman–Crippen MR) is 23.4 cm³/mol. The van der Waals surface area contributed by atoms with Crippen LogP contribution in [0.25, 0.3) is 0 Å². The zero-order valence-electron chi connectivity index (χ0n) is 3.35. The van der Waals surface area contributed by atoms with Crippen LogP contribution in [0.1, 0.15) is 0 Å². The Labute approximate surface area is 49.1 Å². The molecule has 0 bridgehead atoms. The Hall–Kier alpha value is -0.144. The molecule has 0 fully saturated rings. The maximum atomic E-state index is 4.89. The van der Waals surface area contributed by atoms with E-state index in [1.54, 1.807) is 12.2 Å². The van der Waals surface area contributed by atoms with Crippen LogP contribution < -0.4 is 0 Å². The zero-order valence-corrected chi connectivity index (χ0v) is 4.39. The molecule has 1 heteroatoms. The van der Waals surface area contributed by atoms with Crippen molar-refractivity contribution in [3.63, 3.8) is 0 Å². The van der Waals surface area contributed by atoms with Crippen LogP contribution in [0.4, 0.5) is 0 Å². The molecule has 0 spiro atoms. The molecule has 0 rings (SSSR count). The second-order valence-electron chi connectivity index (χ2n) is 0.621. The molecule has 0 saturated carbocycles. The molecule has 0 aromatic heterocycles. The Balaban J connectivity index is 0. The van der Waals surface area contributed by atoms with Gasteiger partial charge in [-0.3, -0.25) is 6.58 Å². The molecule has 0 aliphatic rings. The van der Waals surface area contributed by atoms with Gasteiger partial charge < -0.3 is 0 Å². The summed E-state index contributed by atoms with van der Waals surface area (Å²) in [5.41, 5.74) is 0. The molecule has 0 saturated heterocycles. The van der Waals surface area contributed by atoms with Crippen LogP contribution in [0.15, 0.2) is 18.2 Å². The van der Waals surface area contributed by atoms with Crippen molar-refractivity contribution in [2.24, 2.45) is 0 Å². The van der Waals surface area contributed by atoms with Gasteiger partial charge in [-0.05, 0) is 0 Å². The summed E-state index contributed by atoms with van der Waals surface area (Å²) < 4.78 is 0. The van der Waals surface area contributed by atoms with E-state index >= 15 is 0 Å². The van der Waals surface area contributed by atoms with Crippen molar-refractivity contribution in [1.82, 2.24) is 0 Å². The first-order valence-electron chi connectivity index (χ1n) is 1.41. The second kappa shape index (κ2) is 8.85. The Morgan fingerprint density at radius 2 is 2.00 bits per heavy atom. The van der Waals surface area contributed by atoms with Crippen LogP contribution in [0.2, 0.25) is 0 Å². The van der Waals surface area contributed by atoms with Crippen molar-refractivity contribution in [3.8, 4) is 0 Å². The maximum absolute atomic E-state index is 4.89. The molecule has 0 aliphatic heterocycles. The van der Waals surface area contributed by atoms with Crippen LogP contribution >= 0.6 is 0 Å². The first-order valence-corrected chi connectivity index (χ1v) is 1.41. The molecule has 35 valence electrons. The summed E-state index contributed by atoms with van der Waals surface area (Å²) in [7, 11) is 0. The van der Waals surface area contributed by atoms with Gasteiger partial charge in [0.25, 0.3) is 0 Å². The molecule has 0 atom stereocenters. The van der Waals surface area contributed by atoms with Gasteiger partial charge in [-0.15, -0.1) is 0 Å². The SMILES string of the molecule is [CH-]=C/C=C\[CH2-].[Co+2]. The van der Waals surface area contributed by atoms with Crippen molar-refractivity contribution < 1.29 is 16.8 Å². The molecule has 0 N–H and O–H groups in total. The van der Waals surface area contributed by atoms with Crippen LogP contribution in [-0.4, -0.2) is 0 Å². The van der Waals surface area contributed by atoms with Crippen LogP contribution in [0, 0.1) is 13.5 Å². The minimum atomic E-state index is 0. The average molecular weight is 125 g/mol. The normalized spacial score (nSPS) is 7.33. The largest absolute Gasteiger partial charge is 2.00 e. The van der Waals surface area contributed by atoms with Gasteiger partial charge in [-0.2, -0.15) is 0 Å². The van der Waals surface area contributed by atoms with Crippen molar-refractivity contribution in [2.75, 3.05) is 0 Å². The predicted octanol–water partition coefficient (Wildman–Crippen LogP) is 1.36. The van der Waals surface area contributed by atoms with Crippen molar-refractivity contribution in [3.05, 3.63) is 31.7 Å².